The normalized spacial score (nSPS) is 12.9. The number of carbonyl (C=O) groups excluding carboxylic acids is 3. The number of furan rings is 1. The lowest BCUT2D eigenvalue weighted by Crippen LogP contribution is -2.47. The summed E-state index contributed by atoms with van der Waals surface area (Å²) in [5.41, 5.74) is 2.08. The van der Waals surface area contributed by atoms with Gasteiger partial charge in [0.15, 0.2) is 11.9 Å². The second-order valence-electron chi connectivity index (χ2n) is 6.95. The Balaban J connectivity index is 1.89. The van der Waals surface area contributed by atoms with Crippen LogP contribution in [0.1, 0.15) is 42.5 Å². The molecule has 1 heterocycles. The molecule has 0 bridgehead atoms. The molecule has 0 saturated carbocycles. The Labute approximate surface area is 164 Å². The van der Waals surface area contributed by atoms with Gasteiger partial charge in [0.1, 0.15) is 6.04 Å². The van der Waals surface area contributed by atoms with E-state index in [1.165, 1.54) is 19.3 Å². The van der Waals surface area contributed by atoms with Crippen LogP contribution in [0.3, 0.4) is 0 Å². The van der Waals surface area contributed by atoms with Crippen LogP contribution in [0.4, 0.5) is 0 Å². The Kier molecular flexibility index (Phi) is 7.37. The van der Waals surface area contributed by atoms with Gasteiger partial charge in [-0.15, -0.1) is 0 Å². The second kappa shape index (κ2) is 9.73. The quantitative estimate of drug-likeness (QED) is 0.680. The molecule has 0 saturated heterocycles. The molecule has 150 valence electrons. The third-order valence-corrected chi connectivity index (χ3v) is 4.20. The maximum Gasteiger partial charge on any atom is 0.329 e. The van der Waals surface area contributed by atoms with Gasteiger partial charge in [-0.2, -0.15) is 0 Å². The first-order chi connectivity index (χ1) is 13.3. The highest BCUT2D eigenvalue weighted by molar-refractivity contribution is 5.95. The SMILES string of the molecule is Cc1ccc(CNC(=O)[C@@H](C)OC(=O)[C@@H](NC(=O)c2ccco2)C(C)C)cc1. The van der Waals surface area contributed by atoms with E-state index in [1.807, 2.05) is 31.2 Å². The number of hydrogen-bond donors (Lipinski definition) is 2. The van der Waals surface area contributed by atoms with Gasteiger partial charge in [0.05, 0.1) is 6.26 Å². The summed E-state index contributed by atoms with van der Waals surface area (Å²) in [5, 5.41) is 5.32. The van der Waals surface area contributed by atoms with E-state index in [-0.39, 0.29) is 11.7 Å². The molecule has 0 spiro atoms. The molecule has 2 aromatic rings. The van der Waals surface area contributed by atoms with E-state index in [0.29, 0.717) is 6.54 Å². The first-order valence-corrected chi connectivity index (χ1v) is 9.16. The molecule has 0 aliphatic heterocycles. The predicted octanol–water partition coefficient (Wildman–Crippen LogP) is 2.59. The van der Waals surface area contributed by atoms with Crippen LogP contribution >= 0.6 is 0 Å². The van der Waals surface area contributed by atoms with Crippen LogP contribution in [0.2, 0.25) is 0 Å². The van der Waals surface area contributed by atoms with E-state index >= 15 is 0 Å². The minimum Gasteiger partial charge on any atom is -0.459 e. The number of benzene rings is 1. The maximum absolute atomic E-state index is 12.5. The van der Waals surface area contributed by atoms with E-state index in [1.54, 1.807) is 19.9 Å². The largest absolute Gasteiger partial charge is 0.459 e. The number of nitrogens with one attached hydrogen (secondary N) is 2. The molecule has 1 aromatic carbocycles. The molecular formula is C21H26N2O5. The van der Waals surface area contributed by atoms with Crippen LogP contribution in [0.5, 0.6) is 0 Å². The van der Waals surface area contributed by atoms with Gasteiger partial charge < -0.3 is 19.8 Å². The molecular weight excluding hydrogens is 360 g/mol. The smallest absolute Gasteiger partial charge is 0.329 e. The first kappa shape index (κ1) is 21.2. The lowest BCUT2D eigenvalue weighted by atomic mass is 10.0. The Hall–Kier alpha value is -3.09. The summed E-state index contributed by atoms with van der Waals surface area (Å²) >= 11 is 0. The molecule has 2 N–H and O–H groups in total. The molecule has 7 heteroatoms. The zero-order valence-electron chi connectivity index (χ0n) is 16.5. The van der Waals surface area contributed by atoms with Crippen molar-refractivity contribution in [1.29, 1.82) is 0 Å². The van der Waals surface area contributed by atoms with Gasteiger partial charge in [-0.1, -0.05) is 43.7 Å². The molecule has 0 unspecified atom stereocenters. The van der Waals surface area contributed by atoms with E-state index in [4.69, 9.17) is 9.15 Å². The monoisotopic (exact) mass is 386 g/mol. The standard InChI is InChI=1S/C21H26N2O5/c1-13(2)18(23-20(25)17-6-5-11-27-17)21(26)28-15(4)19(24)22-12-16-9-7-14(3)8-10-16/h5-11,13,15,18H,12H2,1-4H3,(H,22,24)(H,23,25)/t15-,18+/m1/s1. The number of rotatable bonds is 8. The lowest BCUT2D eigenvalue weighted by Gasteiger charge is -2.22. The summed E-state index contributed by atoms with van der Waals surface area (Å²) < 4.78 is 10.3. The van der Waals surface area contributed by atoms with Crippen LogP contribution in [-0.2, 0) is 20.9 Å². The third kappa shape index (κ3) is 5.97. The summed E-state index contributed by atoms with van der Waals surface area (Å²) in [6.07, 6.45) is 0.387. The average molecular weight is 386 g/mol. The minimum atomic E-state index is -0.986. The summed E-state index contributed by atoms with van der Waals surface area (Å²) in [5.74, 6) is -1.73. The highest BCUT2D eigenvalue weighted by Gasteiger charge is 2.29. The van der Waals surface area contributed by atoms with Crippen molar-refractivity contribution in [2.75, 3.05) is 0 Å². The number of aryl methyl sites for hydroxylation is 1. The van der Waals surface area contributed by atoms with Gasteiger partial charge in [0.2, 0.25) is 0 Å². The highest BCUT2D eigenvalue weighted by atomic mass is 16.5. The van der Waals surface area contributed by atoms with Crippen LogP contribution in [0.25, 0.3) is 0 Å². The second-order valence-corrected chi connectivity index (χ2v) is 6.95. The molecule has 2 amide bonds. The molecule has 0 fully saturated rings. The minimum absolute atomic E-state index is 0.0994. The third-order valence-electron chi connectivity index (χ3n) is 4.20. The van der Waals surface area contributed by atoms with Crippen LogP contribution in [0, 0.1) is 12.8 Å². The molecule has 0 aliphatic carbocycles. The van der Waals surface area contributed by atoms with Crippen molar-refractivity contribution in [2.24, 2.45) is 5.92 Å². The number of esters is 1. The average Bonchev–Trinajstić information content (AvgIpc) is 3.19. The van der Waals surface area contributed by atoms with Crippen molar-refractivity contribution in [3.05, 3.63) is 59.5 Å². The van der Waals surface area contributed by atoms with Gasteiger partial charge in [-0.25, -0.2) is 4.79 Å². The number of amides is 2. The van der Waals surface area contributed by atoms with Crippen molar-refractivity contribution in [3.8, 4) is 0 Å². The Morgan fingerprint density at radius 1 is 1.07 bits per heavy atom. The highest BCUT2D eigenvalue weighted by Crippen LogP contribution is 2.09. The molecule has 7 nitrogen and oxygen atoms in total. The molecule has 2 rings (SSSR count). The van der Waals surface area contributed by atoms with E-state index in [9.17, 15) is 14.4 Å². The van der Waals surface area contributed by atoms with Gasteiger partial charge in [0, 0.05) is 6.54 Å². The van der Waals surface area contributed by atoms with Gasteiger partial charge in [-0.3, -0.25) is 9.59 Å². The Morgan fingerprint density at radius 3 is 2.32 bits per heavy atom. The summed E-state index contributed by atoms with van der Waals surface area (Å²) in [4.78, 5) is 36.8. The predicted molar refractivity (Wildman–Crippen MR) is 103 cm³/mol. The van der Waals surface area contributed by atoms with Crippen LogP contribution in [-0.4, -0.2) is 29.9 Å². The number of hydrogen-bond acceptors (Lipinski definition) is 5. The lowest BCUT2D eigenvalue weighted by molar-refractivity contribution is -0.157. The van der Waals surface area contributed by atoms with Gasteiger partial charge in [-0.05, 0) is 37.5 Å². The summed E-state index contributed by atoms with van der Waals surface area (Å²) in [6, 6.07) is 9.94. The topological polar surface area (TPSA) is 97.6 Å². The number of carbonyl (C=O) groups is 3. The zero-order valence-corrected chi connectivity index (χ0v) is 16.5. The zero-order chi connectivity index (χ0) is 20.7. The molecule has 1 aromatic heterocycles. The Morgan fingerprint density at radius 2 is 1.75 bits per heavy atom. The van der Waals surface area contributed by atoms with Gasteiger partial charge in [0.25, 0.3) is 11.8 Å². The van der Waals surface area contributed by atoms with Crippen molar-refractivity contribution in [2.45, 2.75) is 46.4 Å². The van der Waals surface area contributed by atoms with Crippen molar-refractivity contribution < 1.29 is 23.5 Å². The van der Waals surface area contributed by atoms with E-state index in [0.717, 1.165) is 11.1 Å². The summed E-state index contributed by atoms with van der Waals surface area (Å²) in [7, 11) is 0. The molecule has 0 aliphatic rings. The van der Waals surface area contributed by atoms with Crippen molar-refractivity contribution in [3.63, 3.8) is 0 Å². The van der Waals surface area contributed by atoms with E-state index < -0.39 is 29.9 Å². The fraction of sp³-hybridized carbons (Fsp3) is 0.381. The molecule has 28 heavy (non-hydrogen) atoms. The number of ether oxygens (including phenoxy) is 1. The fourth-order valence-electron chi connectivity index (χ4n) is 2.46. The van der Waals surface area contributed by atoms with Crippen LogP contribution in [0.15, 0.2) is 47.1 Å². The summed E-state index contributed by atoms with van der Waals surface area (Å²) in [6.45, 7) is 7.37. The van der Waals surface area contributed by atoms with Gasteiger partial charge >= 0.3 is 5.97 Å². The molecule has 2 atom stereocenters. The fourth-order valence-corrected chi connectivity index (χ4v) is 2.46. The Bertz CT molecular complexity index is 797. The molecule has 0 radical (unpaired) electrons. The van der Waals surface area contributed by atoms with Crippen molar-refractivity contribution in [1.82, 2.24) is 10.6 Å². The first-order valence-electron chi connectivity index (χ1n) is 9.16. The van der Waals surface area contributed by atoms with Crippen LogP contribution < -0.4 is 10.6 Å². The van der Waals surface area contributed by atoms with Crippen molar-refractivity contribution >= 4 is 17.8 Å². The van der Waals surface area contributed by atoms with E-state index in [2.05, 4.69) is 10.6 Å². The maximum atomic E-state index is 12.5.